The number of hydrogen-bond acceptors (Lipinski definition) is 5. The Morgan fingerprint density at radius 1 is 1.43 bits per heavy atom. The van der Waals surface area contributed by atoms with Gasteiger partial charge in [0.1, 0.15) is 12.1 Å². The number of nitrogens with one attached hydrogen (secondary N) is 1. The van der Waals surface area contributed by atoms with Crippen LogP contribution in [0.5, 0.6) is 5.88 Å². The van der Waals surface area contributed by atoms with Crippen LogP contribution in [0.3, 0.4) is 0 Å². The van der Waals surface area contributed by atoms with Gasteiger partial charge < -0.3 is 9.84 Å². The second kappa shape index (κ2) is 5.84. The topological polar surface area (TPSA) is 101 Å². The Balaban J connectivity index is 2.67. The Morgan fingerprint density at radius 3 is 2.76 bits per heavy atom. The molecular weight excluding hydrogens is 300 g/mol. The van der Waals surface area contributed by atoms with Crippen molar-refractivity contribution in [2.24, 2.45) is 0 Å². The van der Waals surface area contributed by atoms with Gasteiger partial charge in [-0.05, 0) is 17.7 Å². The molecule has 2 aromatic rings. The molecular formula is C13H11ClN2O5. The van der Waals surface area contributed by atoms with Crippen LogP contribution in [0.25, 0.3) is 11.1 Å². The number of aromatic amines is 1. The smallest absolute Gasteiger partial charge is 0.331 e. The minimum absolute atomic E-state index is 0.152. The lowest BCUT2D eigenvalue weighted by molar-refractivity contribution is -0.141. The van der Waals surface area contributed by atoms with Crippen LogP contribution in [0.1, 0.15) is 0 Å². The van der Waals surface area contributed by atoms with Gasteiger partial charge in [-0.25, -0.2) is 4.79 Å². The van der Waals surface area contributed by atoms with Gasteiger partial charge in [-0.2, -0.15) is 0 Å². The Hall–Kier alpha value is -2.54. The van der Waals surface area contributed by atoms with Gasteiger partial charge >= 0.3 is 11.7 Å². The van der Waals surface area contributed by atoms with Crippen molar-refractivity contribution >= 4 is 17.6 Å². The minimum Gasteiger partial charge on any atom is -0.494 e. The number of hydrogen-bond donors (Lipinski definition) is 2. The SMILES string of the molecule is COC(=O)Cn1c(O)c(-c2cccc(Cl)c2)c(=O)[nH]c1=O. The summed E-state index contributed by atoms with van der Waals surface area (Å²) in [6, 6.07) is 6.19. The molecule has 1 aromatic heterocycles. The first-order valence-electron chi connectivity index (χ1n) is 5.83. The first-order valence-corrected chi connectivity index (χ1v) is 6.20. The number of nitrogens with zero attached hydrogens (tertiary/aromatic N) is 1. The summed E-state index contributed by atoms with van der Waals surface area (Å²) >= 11 is 5.84. The van der Waals surface area contributed by atoms with Crippen molar-refractivity contribution in [2.45, 2.75) is 6.54 Å². The number of halogens is 1. The number of carbonyl (C=O) groups excluding carboxylic acids is 1. The summed E-state index contributed by atoms with van der Waals surface area (Å²) in [5.41, 5.74) is -1.52. The number of aromatic hydroxyl groups is 1. The quantitative estimate of drug-likeness (QED) is 0.814. The molecule has 0 atom stereocenters. The summed E-state index contributed by atoms with van der Waals surface area (Å²) in [4.78, 5) is 36.9. The van der Waals surface area contributed by atoms with Crippen molar-refractivity contribution in [1.82, 2.24) is 9.55 Å². The molecule has 1 heterocycles. The van der Waals surface area contributed by atoms with Crippen molar-refractivity contribution in [3.05, 3.63) is 50.1 Å². The number of carbonyl (C=O) groups is 1. The lowest BCUT2D eigenvalue weighted by Crippen LogP contribution is -2.33. The summed E-state index contributed by atoms with van der Waals surface area (Å²) < 4.78 is 5.15. The van der Waals surface area contributed by atoms with Crippen molar-refractivity contribution in [1.29, 1.82) is 0 Å². The third-order valence-electron chi connectivity index (χ3n) is 2.80. The molecule has 0 aliphatic carbocycles. The maximum Gasteiger partial charge on any atom is 0.331 e. The predicted molar refractivity (Wildman–Crippen MR) is 75.4 cm³/mol. The molecule has 0 spiro atoms. The Labute approximate surface area is 123 Å². The molecule has 7 nitrogen and oxygen atoms in total. The molecule has 0 fully saturated rings. The third-order valence-corrected chi connectivity index (χ3v) is 3.04. The molecule has 1 aromatic carbocycles. The van der Waals surface area contributed by atoms with Crippen molar-refractivity contribution < 1.29 is 14.6 Å². The zero-order valence-electron chi connectivity index (χ0n) is 10.9. The van der Waals surface area contributed by atoms with Gasteiger partial charge in [-0.3, -0.25) is 19.1 Å². The van der Waals surface area contributed by atoms with Crippen LogP contribution < -0.4 is 11.2 Å². The second-order valence-electron chi connectivity index (χ2n) is 4.13. The van der Waals surface area contributed by atoms with E-state index in [9.17, 15) is 19.5 Å². The van der Waals surface area contributed by atoms with Crippen LogP contribution in [0.2, 0.25) is 5.02 Å². The van der Waals surface area contributed by atoms with E-state index in [1.165, 1.54) is 6.07 Å². The molecule has 2 N–H and O–H groups in total. The van der Waals surface area contributed by atoms with Crippen molar-refractivity contribution in [3.8, 4) is 17.0 Å². The highest BCUT2D eigenvalue weighted by atomic mass is 35.5. The molecule has 0 bridgehead atoms. The number of methoxy groups -OCH3 is 1. The van der Waals surface area contributed by atoms with E-state index in [0.717, 1.165) is 7.11 Å². The molecule has 0 aliphatic rings. The van der Waals surface area contributed by atoms with Crippen molar-refractivity contribution in [3.63, 3.8) is 0 Å². The van der Waals surface area contributed by atoms with Gasteiger partial charge in [0.05, 0.1) is 7.11 Å². The highest BCUT2D eigenvalue weighted by Crippen LogP contribution is 2.26. The van der Waals surface area contributed by atoms with E-state index in [2.05, 4.69) is 4.74 Å². The Kier molecular flexibility index (Phi) is 4.13. The third kappa shape index (κ3) is 2.97. The fourth-order valence-corrected chi connectivity index (χ4v) is 1.99. The average molecular weight is 311 g/mol. The lowest BCUT2D eigenvalue weighted by Gasteiger charge is -2.10. The number of rotatable bonds is 3. The van der Waals surface area contributed by atoms with E-state index in [4.69, 9.17) is 11.6 Å². The molecule has 0 aliphatic heterocycles. The summed E-state index contributed by atoms with van der Waals surface area (Å²) in [7, 11) is 1.15. The molecule has 21 heavy (non-hydrogen) atoms. The Morgan fingerprint density at radius 2 is 2.14 bits per heavy atom. The highest BCUT2D eigenvalue weighted by Gasteiger charge is 2.18. The monoisotopic (exact) mass is 310 g/mol. The largest absolute Gasteiger partial charge is 0.494 e. The molecule has 0 radical (unpaired) electrons. The molecule has 8 heteroatoms. The fraction of sp³-hybridized carbons (Fsp3) is 0.154. The lowest BCUT2D eigenvalue weighted by atomic mass is 10.1. The zero-order chi connectivity index (χ0) is 15.6. The standard InChI is InChI=1S/C13H11ClN2O5/c1-21-9(17)6-16-12(19)10(11(18)15-13(16)20)7-3-2-4-8(14)5-7/h2-5,19H,6H2,1H3,(H,15,18,20). The van der Waals surface area contributed by atoms with Crippen LogP contribution in [0.15, 0.2) is 33.9 Å². The van der Waals surface area contributed by atoms with Crippen LogP contribution >= 0.6 is 11.6 Å². The van der Waals surface area contributed by atoms with Crippen molar-refractivity contribution in [2.75, 3.05) is 7.11 Å². The molecule has 0 amide bonds. The van der Waals surface area contributed by atoms with Crippen LogP contribution in [0.4, 0.5) is 0 Å². The van der Waals surface area contributed by atoms with Gasteiger partial charge in [0, 0.05) is 5.02 Å². The van der Waals surface area contributed by atoms with Gasteiger partial charge in [-0.15, -0.1) is 0 Å². The molecule has 2 rings (SSSR count). The van der Waals surface area contributed by atoms with Gasteiger partial charge in [0.2, 0.25) is 5.88 Å². The Bertz CT molecular complexity index is 809. The molecule has 0 saturated carbocycles. The zero-order valence-corrected chi connectivity index (χ0v) is 11.7. The average Bonchev–Trinajstić information content (AvgIpc) is 2.43. The molecule has 0 saturated heterocycles. The van der Waals surface area contributed by atoms with Gasteiger partial charge in [0.25, 0.3) is 5.56 Å². The summed E-state index contributed by atoms with van der Waals surface area (Å²) in [6.45, 7) is -0.522. The van der Waals surface area contributed by atoms with E-state index in [0.29, 0.717) is 15.2 Å². The van der Waals surface area contributed by atoms with E-state index in [-0.39, 0.29) is 5.56 Å². The number of benzene rings is 1. The van der Waals surface area contributed by atoms with E-state index < -0.39 is 29.6 Å². The maximum absolute atomic E-state index is 11.9. The molecule has 0 unspecified atom stereocenters. The summed E-state index contributed by atoms with van der Waals surface area (Å²) in [5, 5.41) is 10.5. The fourth-order valence-electron chi connectivity index (χ4n) is 1.80. The number of ether oxygens (including phenoxy) is 1. The van der Waals surface area contributed by atoms with Crippen LogP contribution in [-0.2, 0) is 16.1 Å². The van der Waals surface area contributed by atoms with Crippen LogP contribution in [0, 0.1) is 0 Å². The second-order valence-corrected chi connectivity index (χ2v) is 4.57. The van der Waals surface area contributed by atoms with Gasteiger partial charge in [0.15, 0.2) is 0 Å². The summed E-state index contributed by atoms with van der Waals surface area (Å²) in [5.74, 6) is -1.37. The first-order chi connectivity index (χ1) is 9.93. The van der Waals surface area contributed by atoms with Crippen LogP contribution in [-0.4, -0.2) is 27.7 Å². The molecule has 110 valence electrons. The van der Waals surface area contributed by atoms with E-state index in [1.54, 1.807) is 18.2 Å². The highest BCUT2D eigenvalue weighted by molar-refractivity contribution is 6.30. The summed E-state index contributed by atoms with van der Waals surface area (Å²) in [6.07, 6.45) is 0. The van der Waals surface area contributed by atoms with E-state index >= 15 is 0 Å². The maximum atomic E-state index is 11.9. The normalized spacial score (nSPS) is 10.4. The first kappa shape index (κ1) is 14.9. The number of esters is 1. The minimum atomic E-state index is -0.909. The van der Waals surface area contributed by atoms with E-state index in [1.807, 2.05) is 4.98 Å². The number of H-pyrrole nitrogens is 1. The predicted octanol–water partition coefficient (Wildman–Crippen LogP) is 0.736. The van der Waals surface area contributed by atoms with Gasteiger partial charge in [-0.1, -0.05) is 23.7 Å². The number of aromatic nitrogens is 2.